The zero-order valence-electron chi connectivity index (χ0n) is 10.7. The summed E-state index contributed by atoms with van der Waals surface area (Å²) in [6.07, 6.45) is 1.26. The number of primary amides is 1. The summed E-state index contributed by atoms with van der Waals surface area (Å²) in [5, 5.41) is 2.90. The van der Waals surface area contributed by atoms with E-state index < -0.39 is 5.54 Å². The number of carbonyl (C=O) groups excluding carboxylic acids is 1. The highest BCUT2D eigenvalue weighted by molar-refractivity contribution is 5.84. The van der Waals surface area contributed by atoms with Crippen molar-refractivity contribution >= 4 is 5.91 Å². The number of halogens is 1. The van der Waals surface area contributed by atoms with Crippen LogP contribution in [0.4, 0.5) is 4.39 Å². The molecule has 0 spiro atoms. The molecule has 0 aliphatic rings. The fourth-order valence-corrected chi connectivity index (χ4v) is 1.52. The third-order valence-corrected chi connectivity index (χ3v) is 3.00. The molecule has 4 nitrogen and oxygen atoms in total. The molecule has 1 rings (SSSR count). The second-order valence-corrected chi connectivity index (χ2v) is 4.35. The molecule has 0 aliphatic carbocycles. The number of carbonyl (C=O) groups is 1. The quantitative estimate of drug-likeness (QED) is 0.724. The van der Waals surface area contributed by atoms with Crippen LogP contribution in [-0.4, -0.2) is 25.1 Å². The van der Waals surface area contributed by atoms with Gasteiger partial charge in [0.25, 0.3) is 0 Å². The molecule has 18 heavy (non-hydrogen) atoms. The van der Waals surface area contributed by atoms with Crippen LogP contribution in [0.5, 0.6) is 5.75 Å². The summed E-state index contributed by atoms with van der Waals surface area (Å²) in [5.74, 6) is -0.0627. The first kappa shape index (κ1) is 14.4. The fourth-order valence-electron chi connectivity index (χ4n) is 1.52. The Kier molecular flexibility index (Phi) is 5.09. The molecule has 0 aromatic heterocycles. The molecule has 0 bridgehead atoms. The summed E-state index contributed by atoms with van der Waals surface area (Å²) in [5.41, 5.74) is 4.59. The first-order valence-electron chi connectivity index (χ1n) is 5.85. The molecule has 5 heteroatoms. The Morgan fingerprint density at radius 2 is 2.06 bits per heavy atom. The standard InChI is InChI=1S/C13H19FN2O2/c1-13(16-2,12(15)17)8-3-9-18-11-6-4-10(14)5-7-11/h4-7,16H,3,8-9H2,1-2H3,(H2,15,17). The predicted octanol–water partition coefficient (Wildman–Crippen LogP) is 1.45. The Labute approximate surface area is 106 Å². The molecule has 0 radical (unpaired) electrons. The van der Waals surface area contributed by atoms with Crippen molar-refractivity contribution in [1.82, 2.24) is 5.32 Å². The Morgan fingerprint density at radius 3 is 2.56 bits per heavy atom. The average molecular weight is 254 g/mol. The summed E-state index contributed by atoms with van der Waals surface area (Å²) in [4.78, 5) is 11.2. The van der Waals surface area contributed by atoms with Crippen LogP contribution in [0.3, 0.4) is 0 Å². The van der Waals surface area contributed by atoms with Gasteiger partial charge in [-0.2, -0.15) is 0 Å². The van der Waals surface area contributed by atoms with Gasteiger partial charge in [-0.25, -0.2) is 4.39 Å². The minimum atomic E-state index is -0.716. The maximum atomic E-state index is 12.7. The van der Waals surface area contributed by atoms with Gasteiger partial charge in [-0.05, 0) is 51.1 Å². The van der Waals surface area contributed by atoms with E-state index in [-0.39, 0.29) is 11.7 Å². The van der Waals surface area contributed by atoms with Crippen molar-refractivity contribution in [2.75, 3.05) is 13.7 Å². The van der Waals surface area contributed by atoms with Crippen molar-refractivity contribution in [3.8, 4) is 5.75 Å². The second kappa shape index (κ2) is 6.35. The number of ether oxygens (including phenoxy) is 1. The monoisotopic (exact) mass is 254 g/mol. The van der Waals surface area contributed by atoms with E-state index in [0.717, 1.165) is 0 Å². The second-order valence-electron chi connectivity index (χ2n) is 4.35. The van der Waals surface area contributed by atoms with Gasteiger partial charge in [-0.3, -0.25) is 4.79 Å². The van der Waals surface area contributed by atoms with E-state index in [0.29, 0.717) is 25.2 Å². The van der Waals surface area contributed by atoms with Crippen LogP contribution in [0.25, 0.3) is 0 Å². The van der Waals surface area contributed by atoms with Crippen LogP contribution in [-0.2, 0) is 4.79 Å². The van der Waals surface area contributed by atoms with Crippen LogP contribution in [0.1, 0.15) is 19.8 Å². The normalized spacial score (nSPS) is 13.9. The van der Waals surface area contributed by atoms with Gasteiger partial charge < -0.3 is 15.8 Å². The molecule has 0 saturated carbocycles. The molecular formula is C13H19FN2O2. The van der Waals surface area contributed by atoms with E-state index in [2.05, 4.69) is 5.32 Å². The molecule has 0 fully saturated rings. The topological polar surface area (TPSA) is 64.3 Å². The van der Waals surface area contributed by atoms with Gasteiger partial charge in [0.2, 0.25) is 5.91 Å². The van der Waals surface area contributed by atoms with Crippen LogP contribution < -0.4 is 15.8 Å². The zero-order chi connectivity index (χ0) is 13.6. The minimum Gasteiger partial charge on any atom is -0.494 e. The van der Waals surface area contributed by atoms with Crippen molar-refractivity contribution in [3.63, 3.8) is 0 Å². The first-order valence-corrected chi connectivity index (χ1v) is 5.85. The van der Waals surface area contributed by atoms with E-state index in [9.17, 15) is 9.18 Å². The van der Waals surface area contributed by atoms with E-state index in [4.69, 9.17) is 10.5 Å². The Morgan fingerprint density at radius 1 is 1.44 bits per heavy atom. The Hall–Kier alpha value is -1.62. The van der Waals surface area contributed by atoms with Gasteiger partial charge in [0, 0.05) is 0 Å². The van der Waals surface area contributed by atoms with E-state index in [1.807, 2.05) is 0 Å². The maximum absolute atomic E-state index is 12.7. The SMILES string of the molecule is CNC(C)(CCCOc1ccc(F)cc1)C(N)=O. The average Bonchev–Trinajstić information content (AvgIpc) is 2.36. The van der Waals surface area contributed by atoms with Gasteiger partial charge >= 0.3 is 0 Å². The number of nitrogens with two attached hydrogens (primary N) is 1. The van der Waals surface area contributed by atoms with Crippen molar-refractivity contribution in [2.24, 2.45) is 5.73 Å². The lowest BCUT2D eigenvalue weighted by Gasteiger charge is -2.25. The predicted molar refractivity (Wildman–Crippen MR) is 67.8 cm³/mol. The fraction of sp³-hybridized carbons (Fsp3) is 0.462. The van der Waals surface area contributed by atoms with Crippen LogP contribution in [0.15, 0.2) is 24.3 Å². The molecule has 1 aromatic carbocycles. The number of hydrogen-bond donors (Lipinski definition) is 2. The summed E-state index contributed by atoms with van der Waals surface area (Å²) < 4.78 is 18.1. The molecular weight excluding hydrogens is 235 g/mol. The van der Waals surface area contributed by atoms with Crippen molar-refractivity contribution in [3.05, 3.63) is 30.1 Å². The smallest absolute Gasteiger partial charge is 0.237 e. The number of hydrogen-bond acceptors (Lipinski definition) is 3. The van der Waals surface area contributed by atoms with Crippen LogP contribution in [0, 0.1) is 5.82 Å². The maximum Gasteiger partial charge on any atom is 0.237 e. The van der Waals surface area contributed by atoms with Gasteiger partial charge in [0.15, 0.2) is 0 Å². The van der Waals surface area contributed by atoms with Gasteiger partial charge in [-0.1, -0.05) is 0 Å². The lowest BCUT2D eigenvalue weighted by Crippen LogP contribution is -2.51. The summed E-state index contributed by atoms with van der Waals surface area (Å²) in [6, 6.07) is 5.83. The van der Waals surface area contributed by atoms with Crippen molar-refractivity contribution in [1.29, 1.82) is 0 Å². The minimum absolute atomic E-state index is 0.293. The third-order valence-electron chi connectivity index (χ3n) is 3.00. The van der Waals surface area contributed by atoms with Crippen molar-refractivity contribution in [2.45, 2.75) is 25.3 Å². The summed E-state index contributed by atoms with van der Waals surface area (Å²) >= 11 is 0. The number of rotatable bonds is 7. The number of benzene rings is 1. The molecule has 0 heterocycles. The Balaban J connectivity index is 2.34. The highest BCUT2D eigenvalue weighted by Gasteiger charge is 2.27. The first-order chi connectivity index (χ1) is 8.48. The van der Waals surface area contributed by atoms with E-state index in [1.54, 1.807) is 26.1 Å². The van der Waals surface area contributed by atoms with Gasteiger partial charge in [0.05, 0.1) is 12.1 Å². The molecule has 1 atom stereocenters. The summed E-state index contributed by atoms with van der Waals surface area (Å²) in [6.45, 7) is 2.21. The van der Waals surface area contributed by atoms with E-state index >= 15 is 0 Å². The van der Waals surface area contributed by atoms with Gasteiger partial charge in [-0.15, -0.1) is 0 Å². The van der Waals surface area contributed by atoms with Crippen LogP contribution >= 0.6 is 0 Å². The molecule has 0 aliphatic heterocycles. The molecule has 1 amide bonds. The molecule has 0 saturated heterocycles. The van der Waals surface area contributed by atoms with Gasteiger partial charge in [0.1, 0.15) is 11.6 Å². The molecule has 3 N–H and O–H groups in total. The van der Waals surface area contributed by atoms with E-state index in [1.165, 1.54) is 12.1 Å². The number of nitrogens with one attached hydrogen (secondary N) is 1. The van der Waals surface area contributed by atoms with Crippen molar-refractivity contribution < 1.29 is 13.9 Å². The zero-order valence-corrected chi connectivity index (χ0v) is 10.7. The third kappa shape index (κ3) is 4.00. The highest BCUT2D eigenvalue weighted by Crippen LogP contribution is 2.14. The highest BCUT2D eigenvalue weighted by atomic mass is 19.1. The molecule has 1 unspecified atom stereocenters. The molecule has 100 valence electrons. The lowest BCUT2D eigenvalue weighted by molar-refractivity contribution is -0.123. The van der Waals surface area contributed by atoms with Crippen LogP contribution in [0.2, 0.25) is 0 Å². The lowest BCUT2D eigenvalue weighted by atomic mass is 9.95. The Bertz CT molecular complexity index is 394. The largest absolute Gasteiger partial charge is 0.494 e. The molecule has 1 aromatic rings. The number of likely N-dealkylation sites (N-methyl/N-ethyl adjacent to an activating group) is 1. The summed E-state index contributed by atoms with van der Waals surface area (Å²) in [7, 11) is 1.70. The number of amides is 1.